The molecule has 11 heavy (non-hydrogen) atoms. The van der Waals surface area contributed by atoms with Crippen molar-refractivity contribution in [1.82, 2.24) is 20.2 Å². The van der Waals surface area contributed by atoms with Crippen molar-refractivity contribution in [3.05, 3.63) is 5.82 Å². The van der Waals surface area contributed by atoms with E-state index < -0.39 is 0 Å². The largest absolute Gasteiger partial charge is 0.174 e. The molecule has 0 aliphatic rings. The molecule has 1 rings (SSSR count). The molecule has 0 N–H and O–H groups in total. The lowest BCUT2D eigenvalue weighted by molar-refractivity contribution is 0.549. The molecule has 0 saturated carbocycles. The number of hydrogen-bond acceptors (Lipinski definition) is 3. The minimum atomic E-state index is 0.805. The highest BCUT2D eigenvalue weighted by Gasteiger charge is 1.98. The zero-order valence-corrected chi connectivity index (χ0v) is 7.12. The molecule has 1 aromatic rings. The van der Waals surface area contributed by atoms with Gasteiger partial charge < -0.3 is 0 Å². The van der Waals surface area contributed by atoms with E-state index in [1.807, 2.05) is 6.92 Å². The minimum absolute atomic E-state index is 0.805. The number of tetrazole rings is 1. The third kappa shape index (κ3) is 2.29. The molecular formula is C7H14N4. The summed E-state index contributed by atoms with van der Waals surface area (Å²) in [7, 11) is 0. The SMILES string of the molecule is CCCCc1nnn(CC)n1. The van der Waals surface area contributed by atoms with Crippen molar-refractivity contribution in [2.45, 2.75) is 39.7 Å². The Balaban J connectivity index is 2.44. The van der Waals surface area contributed by atoms with Gasteiger partial charge in [-0.1, -0.05) is 13.3 Å². The summed E-state index contributed by atoms with van der Waals surface area (Å²) in [6.45, 7) is 4.97. The number of hydrogen-bond donors (Lipinski definition) is 0. The van der Waals surface area contributed by atoms with Crippen LogP contribution < -0.4 is 0 Å². The summed E-state index contributed by atoms with van der Waals surface area (Å²) in [5.41, 5.74) is 0. The van der Waals surface area contributed by atoms with Gasteiger partial charge in [0.1, 0.15) is 0 Å². The van der Waals surface area contributed by atoms with Crippen LogP contribution in [0.5, 0.6) is 0 Å². The molecule has 0 aliphatic carbocycles. The number of rotatable bonds is 4. The van der Waals surface area contributed by atoms with Gasteiger partial charge in [-0.15, -0.1) is 10.2 Å². The lowest BCUT2D eigenvalue weighted by Crippen LogP contribution is -1.98. The Kier molecular flexibility index (Phi) is 3.01. The molecule has 0 saturated heterocycles. The van der Waals surface area contributed by atoms with Crippen LogP contribution in [0.1, 0.15) is 32.5 Å². The van der Waals surface area contributed by atoms with Crippen molar-refractivity contribution in [2.24, 2.45) is 0 Å². The average molecular weight is 154 g/mol. The molecule has 1 heterocycles. The van der Waals surface area contributed by atoms with E-state index in [0.717, 1.165) is 25.2 Å². The molecule has 0 aliphatic heterocycles. The molecule has 0 bridgehead atoms. The predicted molar refractivity (Wildman–Crippen MR) is 42.1 cm³/mol. The Morgan fingerprint density at radius 3 is 2.73 bits per heavy atom. The summed E-state index contributed by atoms with van der Waals surface area (Å²) in [6, 6.07) is 0. The summed E-state index contributed by atoms with van der Waals surface area (Å²) in [5, 5.41) is 11.9. The van der Waals surface area contributed by atoms with E-state index in [2.05, 4.69) is 22.3 Å². The molecule has 0 radical (unpaired) electrons. The van der Waals surface area contributed by atoms with E-state index in [0.29, 0.717) is 0 Å². The first kappa shape index (κ1) is 8.17. The van der Waals surface area contributed by atoms with E-state index in [9.17, 15) is 0 Å². The number of aryl methyl sites for hydroxylation is 2. The van der Waals surface area contributed by atoms with Crippen LogP contribution in [0.2, 0.25) is 0 Å². The maximum atomic E-state index is 4.16. The van der Waals surface area contributed by atoms with Gasteiger partial charge >= 0.3 is 0 Å². The van der Waals surface area contributed by atoms with Crippen molar-refractivity contribution in [2.75, 3.05) is 0 Å². The zero-order valence-electron chi connectivity index (χ0n) is 7.12. The van der Waals surface area contributed by atoms with E-state index in [4.69, 9.17) is 0 Å². The van der Waals surface area contributed by atoms with Gasteiger partial charge in [0.25, 0.3) is 0 Å². The molecule has 0 fully saturated rings. The molecule has 0 aromatic carbocycles. The fourth-order valence-electron chi connectivity index (χ4n) is 0.845. The first-order valence-electron chi connectivity index (χ1n) is 4.13. The maximum absolute atomic E-state index is 4.16. The monoisotopic (exact) mass is 154 g/mol. The van der Waals surface area contributed by atoms with E-state index in [-0.39, 0.29) is 0 Å². The molecule has 4 heteroatoms. The minimum Gasteiger partial charge on any atom is -0.164 e. The highest BCUT2D eigenvalue weighted by Crippen LogP contribution is 1.95. The predicted octanol–water partition coefficient (Wildman–Crippen LogP) is 1.04. The topological polar surface area (TPSA) is 43.6 Å². The summed E-state index contributed by atoms with van der Waals surface area (Å²) < 4.78 is 0. The molecule has 62 valence electrons. The number of nitrogens with zero attached hydrogens (tertiary/aromatic N) is 4. The lowest BCUT2D eigenvalue weighted by Gasteiger charge is -1.89. The van der Waals surface area contributed by atoms with Gasteiger partial charge in [0, 0.05) is 6.42 Å². The van der Waals surface area contributed by atoms with Crippen LogP contribution in [0.15, 0.2) is 0 Å². The van der Waals surface area contributed by atoms with Crippen LogP contribution in [0, 0.1) is 0 Å². The standard InChI is InChI=1S/C7H14N4/c1-3-5-6-7-8-10-11(4-2)9-7/h3-6H2,1-2H3. The Hall–Kier alpha value is -0.930. The second kappa shape index (κ2) is 4.05. The van der Waals surface area contributed by atoms with Gasteiger partial charge in [0.15, 0.2) is 5.82 Å². The Bertz CT molecular complexity index is 206. The second-order valence-corrected chi connectivity index (χ2v) is 2.50. The van der Waals surface area contributed by atoms with E-state index in [1.165, 1.54) is 6.42 Å². The zero-order chi connectivity index (χ0) is 8.10. The molecule has 0 atom stereocenters. The van der Waals surface area contributed by atoms with Gasteiger partial charge in [0.05, 0.1) is 6.54 Å². The van der Waals surface area contributed by atoms with Crippen LogP contribution in [-0.2, 0) is 13.0 Å². The number of unbranched alkanes of at least 4 members (excludes halogenated alkanes) is 1. The summed E-state index contributed by atoms with van der Waals surface area (Å²) in [5.74, 6) is 0.869. The van der Waals surface area contributed by atoms with Gasteiger partial charge in [-0.3, -0.25) is 0 Å². The van der Waals surface area contributed by atoms with Gasteiger partial charge in [-0.05, 0) is 18.6 Å². The van der Waals surface area contributed by atoms with E-state index >= 15 is 0 Å². The Labute approximate surface area is 66.6 Å². The van der Waals surface area contributed by atoms with Crippen LogP contribution >= 0.6 is 0 Å². The quantitative estimate of drug-likeness (QED) is 0.650. The molecule has 0 spiro atoms. The average Bonchev–Trinajstić information content (AvgIpc) is 2.48. The van der Waals surface area contributed by atoms with Crippen LogP contribution in [-0.4, -0.2) is 20.2 Å². The van der Waals surface area contributed by atoms with Crippen molar-refractivity contribution in [3.8, 4) is 0 Å². The lowest BCUT2D eigenvalue weighted by atomic mass is 10.2. The number of aromatic nitrogens is 4. The van der Waals surface area contributed by atoms with Crippen molar-refractivity contribution < 1.29 is 0 Å². The third-order valence-corrected chi connectivity index (χ3v) is 1.53. The van der Waals surface area contributed by atoms with Crippen LogP contribution in [0.4, 0.5) is 0 Å². The van der Waals surface area contributed by atoms with Crippen molar-refractivity contribution in [1.29, 1.82) is 0 Å². The van der Waals surface area contributed by atoms with Crippen LogP contribution in [0.3, 0.4) is 0 Å². The fraction of sp³-hybridized carbons (Fsp3) is 0.857. The Morgan fingerprint density at radius 2 is 2.18 bits per heavy atom. The molecule has 0 unspecified atom stereocenters. The first-order chi connectivity index (χ1) is 5.36. The Morgan fingerprint density at radius 1 is 1.36 bits per heavy atom. The maximum Gasteiger partial charge on any atom is 0.174 e. The first-order valence-corrected chi connectivity index (χ1v) is 4.13. The molecule has 1 aromatic heterocycles. The van der Waals surface area contributed by atoms with Gasteiger partial charge in [-0.2, -0.15) is 4.80 Å². The highest BCUT2D eigenvalue weighted by atomic mass is 15.6. The van der Waals surface area contributed by atoms with Crippen molar-refractivity contribution >= 4 is 0 Å². The normalized spacial score (nSPS) is 10.4. The fourth-order valence-corrected chi connectivity index (χ4v) is 0.845. The second-order valence-electron chi connectivity index (χ2n) is 2.50. The van der Waals surface area contributed by atoms with Crippen molar-refractivity contribution in [3.63, 3.8) is 0 Å². The van der Waals surface area contributed by atoms with Crippen LogP contribution in [0.25, 0.3) is 0 Å². The van der Waals surface area contributed by atoms with E-state index in [1.54, 1.807) is 4.80 Å². The van der Waals surface area contributed by atoms with Gasteiger partial charge in [-0.25, -0.2) is 0 Å². The third-order valence-electron chi connectivity index (χ3n) is 1.53. The smallest absolute Gasteiger partial charge is 0.164 e. The van der Waals surface area contributed by atoms with Gasteiger partial charge in [0.2, 0.25) is 0 Å². The summed E-state index contributed by atoms with van der Waals surface area (Å²) in [4.78, 5) is 1.62. The molecule has 4 nitrogen and oxygen atoms in total. The molecule has 0 amide bonds. The summed E-state index contributed by atoms with van der Waals surface area (Å²) >= 11 is 0. The molecular weight excluding hydrogens is 140 g/mol. The summed E-state index contributed by atoms with van der Waals surface area (Å²) in [6.07, 6.45) is 3.28. The highest BCUT2D eigenvalue weighted by molar-refractivity contribution is 4.75.